The number of rotatable bonds is 9. The zero-order valence-electron chi connectivity index (χ0n) is 15.2. The Morgan fingerprint density at radius 2 is 1.65 bits per heavy atom. The van der Waals surface area contributed by atoms with Crippen LogP contribution in [0.2, 0.25) is 0 Å². The van der Waals surface area contributed by atoms with Crippen molar-refractivity contribution in [3.05, 3.63) is 82.9 Å². The van der Waals surface area contributed by atoms with Gasteiger partial charge in [-0.25, -0.2) is 8.78 Å². The van der Waals surface area contributed by atoms with E-state index in [1.54, 1.807) is 6.08 Å². The Labute approximate surface area is 165 Å². The van der Waals surface area contributed by atoms with Gasteiger partial charge >= 0.3 is 0 Å². The molecule has 0 aliphatic rings. The molecule has 2 aromatic carbocycles. The number of nitrogens with one attached hydrogen (secondary N) is 1. The van der Waals surface area contributed by atoms with Crippen molar-refractivity contribution in [1.29, 1.82) is 0 Å². The predicted octanol–water partition coefficient (Wildman–Crippen LogP) is 5.24. The summed E-state index contributed by atoms with van der Waals surface area (Å²) in [7, 11) is 0. The number of aryl methyl sites for hydroxylation is 2. The molecule has 0 heterocycles. The third kappa shape index (κ3) is 6.01. The maximum absolute atomic E-state index is 13.7. The van der Waals surface area contributed by atoms with Crippen LogP contribution in [0.3, 0.4) is 0 Å². The van der Waals surface area contributed by atoms with Gasteiger partial charge in [-0.2, -0.15) is 0 Å². The average Bonchev–Trinajstić information content (AvgIpc) is 2.57. The van der Waals surface area contributed by atoms with Crippen LogP contribution in [0.25, 0.3) is 0 Å². The van der Waals surface area contributed by atoms with Gasteiger partial charge in [0.2, 0.25) is 0 Å². The Kier molecular flexibility index (Phi) is 9.70. The number of halogens is 3. The highest BCUT2D eigenvalue weighted by Gasteiger charge is 2.17. The molecule has 142 valence electrons. The van der Waals surface area contributed by atoms with Gasteiger partial charge in [-0.3, -0.25) is 0 Å². The molecule has 1 unspecified atom stereocenters. The molecule has 1 N–H and O–H groups in total. The van der Waals surface area contributed by atoms with Crippen LogP contribution in [-0.4, -0.2) is 19.7 Å². The highest BCUT2D eigenvalue weighted by molar-refractivity contribution is 8.93. The highest BCUT2D eigenvalue weighted by atomic mass is 79.9. The number of hydrogen-bond acceptors (Lipinski definition) is 2. The van der Waals surface area contributed by atoms with E-state index in [-0.39, 0.29) is 35.1 Å². The third-order valence-corrected chi connectivity index (χ3v) is 4.26. The van der Waals surface area contributed by atoms with Crippen molar-refractivity contribution in [2.24, 2.45) is 0 Å². The van der Waals surface area contributed by atoms with E-state index in [1.165, 1.54) is 34.9 Å². The quantitative estimate of drug-likeness (QED) is 0.438. The largest absolute Gasteiger partial charge is 0.376 e. The van der Waals surface area contributed by atoms with E-state index in [4.69, 9.17) is 4.74 Å². The van der Waals surface area contributed by atoms with Crippen LogP contribution in [0.4, 0.5) is 8.78 Å². The molecule has 5 heteroatoms. The topological polar surface area (TPSA) is 21.3 Å². The monoisotopic (exact) mass is 425 g/mol. The van der Waals surface area contributed by atoms with Crippen LogP contribution in [0.1, 0.15) is 28.2 Å². The minimum Gasteiger partial charge on any atom is -0.376 e. The van der Waals surface area contributed by atoms with E-state index < -0.39 is 11.6 Å². The van der Waals surface area contributed by atoms with Gasteiger partial charge in [0.15, 0.2) is 0 Å². The maximum atomic E-state index is 13.7. The molecule has 0 radical (unpaired) electrons. The van der Waals surface area contributed by atoms with Crippen molar-refractivity contribution in [2.75, 3.05) is 19.7 Å². The second kappa shape index (κ2) is 11.2. The second-order valence-corrected chi connectivity index (χ2v) is 6.16. The minimum atomic E-state index is -0.576. The third-order valence-electron chi connectivity index (χ3n) is 4.26. The maximum Gasteiger partial charge on any atom is 0.131 e. The minimum absolute atomic E-state index is 0. The molecule has 2 nitrogen and oxygen atoms in total. The van der Waals surface area contributed by atoms with E-state index in [2.05, 4.69) is 37.9 Å². The van der Waals surface area contributed by atoms with Crippen LogP contribution in [0, 0.1) is 25.5 Å². The molecule has 0 aliphatic carbocycles. The van der Waals surface area contributed by atoms with E-state index in [0.29, 0.717) is 19.7 Å². The van der Waals surface area contributed by atoms with Crippen molar-refractivity contribution in [3.63, 3.8) is 0 Å². The van der Waals surface area contributed by atoms with Gasteiger partial charge in [0, 0.05) is 24.6 Å². The fraction of sp³-hybridized carbons (Fsp3) is 0.333. The predicted molar refractivity (Wildman–Crippen MR) is 108 cm³/mol. The molecule has 26 heavy (non-hydrogen) atoms. The van der Waals surface area contributed by atoms with Gasteiger partial charge in [0.1, 0.15) is 11.6 Å². The van der Waals surface area contributed by atoms with Gasteiger partial charge < -0.3 is 10.1 Å². The number of ether oxygens (including phenoxy) is 1. The van der Waals surface area contributed by atoms with Gasteiger partial charge in [-0.05, 0) is 42.7 Å². The van der Waals surface area contributed by atoms with Crippen LogP contribution in [0.15, 0.2) is 49.1 Å². The molecule has 0 spiro atoms. The molecular weight excluding hydrogens is 400 g/mol. The molecule has 0 saturated heterocycles. The molecule has 0 aromatic heterocycles. The Hall–Kier alpha value is -1.56. The Balaban J connectivity index is 0.00000338. The van der Waals surface area contributed by atoms with Crippen molar-refractivity contribution in [2.45, 2.75) is 26.4 Å². The summed E-state index contributed by atoms with van der Waals surface area (Å²) in [6.45, 7) is 9.55. The average molecular weight is 426 g/mol. The standard InChI is InChI=1S/C21H25F2NO.BrH/c1-4-11-24-12-17(21-15(2)7-5-8-16(21)3)13-25-14-18-19(22)9-6-10-20(18)23;/h4-10,17,24H,1,11-14H2,2-3H3;1H. The summed E-state index contributed by atoms with van der Waals surface area (Å²) >= 11 is 0. The molecule has 0 amide bonds. The smallest absolute Gasteiger partial charge is 0.131 e. The van der Waals surface area contributed by atoms with Crippen molar-refractivity contribution in [3.8, 4) is 0 Å². The lowest BCUT2D eigenvalue weighted by molar-refractivity contribution is 0.102. The lowest BCUT2D eigenvalue weighted by atomic mass is 9.91. The lowest BCUT2D eigenvalue weighted by Gasteiger charge is -2.22. The van der Waals surface area contributed by atoms with Gasteiger partial charge in [-0.1, -0.05) is 30.3 Å². The van der Waals surface area contributed by atoms with E-state index >= 15 is 0 Å². The Morgan fingerprint density at radius 3 is 2.23 bits per heavy atom. The Morgan fingerprint density at radius 1 is 1.08 bits per heavy atom. The van der Waals surface area contributed by atoms with Crippen molar-refractivity contribution < 1.29 is 13.5 Å². The summed E-state index contributed by atoms with van der Waals surface area (Å²) in [6.07, 6.45) is 1.80. The van der Waals surface area contributed by atoms with Crippen LogP contribution in [0.5, 0.6) is 0 Å². The first-order valence-electron chi connectivity index (χ1n) is 8.43. The zero-order valence-corrected chi connectivity index (χ0v) is 16.9. The van der Waals surface area contributed by atoms with Crippen molar-refractivity contribution >= 4 is 17.0 Å². The molecular formula is C21H26BrF2NO. The van der Waals surface area contributed by atoms with Gasteiger partial charge in [0.25, 0.3) is 0 Å². The first-order valence-corrected chi connectivity index (χ1v) is 8.43. The number of benzene rings is 2. The molecule has 0 saturated carbocycles. The molecule has 0 aliphatic heterocycles. The second-order valence-electron chi connectivity index (χ2n) is 6.16. The summed E-state index contributed by atoms with van der Waals surface area (Å²) in [4.78, 5) is 0. The SMILES string of the molecule is Br.C=CCNCC(COCc1c(F)cccc1F)c1c(C)cccc1C. The summed E-state index contributed by atoms with van der Waals surface area (Å²) in [5, 5.41) is 3.31. The summed E-state index contributed by atoms with van der Waals surface area (Å²) in [6, 6.07) is 10.0. The molecule has 0 bridgehead atoms. The summed E-state index contributed by atoms with van der Waals surface area (Å²) in [5.74, 6) is -1.06. The number of hydrogen-bond donors (Lipinski definition) is 1. The molecule has 2 aromatic rings. The first-order chi connectivity index (χ1) is 12.0. The Bertz CT molecular complexity index is 681. The summed E-state index contributed by atoms with van der Waals surface area (Å²) < 4.78 is 33.2. The normalized spacial score (nSPS) is 11.7. The zero-order chi connectivity index (χ0) is 18.2. The van der Waals surface area contributed by atoms with Gasteiger partial charge in [-0.15, -0.1) is 23.6 Å². The van der Waals surface area contributed by atoms with Crippen LogP contribution in [-0.2, 0) is 11.3 Å². The first kappa shape index (κ1) is 22.5. The summed E-state index contributed by atoms with van der Waals surface area (Å²) in [5.41, 5.74) is 3.56. The van der Waals surface area contributed by atoms with Crippen LogP contribution < -0.4 is 5.32 Å². The molecule has 0 fully saturated rings. The van der Waals surface area contributed by atoms with E-state index in [9.17, 15) is 8.78 Å². The van der Waals surface area contributed by atoms with Crippen molar-refractivity contribution in [1.82, 2.24) is 5.32 Å². The lowest BCUT2D eigenvalue weighted by Crippen LogP contribution is -2.26. The van der Waals surface area contributed by atoms with Crippen LogP contribution >= 0.6 is 17.0 Å². The van der Waals surface area contributed by atoms with E-state index in [0.717, 1.165) is 0 Å². The molecule has 1 atom stereocenters. The fourth-order valence-electron chi connectivity index (χ4n) is 3.05. The highest BCUT2D eigenvalue weighted by Crippen LogP contribution is 2.24. The fourth-order valence-corrected chi connectivity index (χ4v) is 3.05. The molecule has 2 rings (SSSR count). The van der Waals surface area contributed by atoms with Gasteiger partial charge in [0.05, 0.1) is 13.2 Å². The van der Waals surface area contributed by atoms with E-state index in [1.807, 2.05) is 6.07 Å².